The normalized spacial score (nSPS) is 11.6. The van der Waals surface area contributed by atoms with Crippen LogP contribution >= 0.6 is 0 Å². The Labute approximate surface area is 172 Å². The van der Waals surface area contributed by atoms with E-state index in [1.54, 1.807) is 12.7 Å². The number of fused-ring (bicyclic) bond motifs is 1. The molecule has 3 aromatic rings. The van der Waals surface area contributed by atoms with Gasteiger partial charge in [0.2, 0.25) is 0 Å². The minimum atomic E-state index is 0.653. The molecule has 0 aliphatic heterocycles. The van der Waals surface area contributed by atoms with Crippen molar-refractivity contribution >= 4 is 16.7 Å². The van der Waals surface area contributed by atoms with Crippen LogP contribution in [-0.4, -0.2) is 47.0 Å². The minimum Gasteiger partial charge on any atom is -0.494 e. The Kier molecular flexibility index (Phi) is 8.32. The van der Waals surface area contributed by atoms with Crippen molar-refractivity contribution in [2.45, 2.75) is 32.7 Å². The van der Waals surface area contributed by atoms with E-state index in [9.17, 15) is 0 Å². The predicted octanol–water partition coefficient (Wildman–Crippen LogP) is 3.24. The van der Waals surface area contributed by atoms with Gasteiger partial charge in [0, 0.05) is 32.6 Å². The van der Waals surface area contributed by atoms with E-state index in [1.807, 2.05) is 22.8 Å². The zero-order valence-electron chi connectivity index (χ0n) is 17.1. The molecule has 2 aromatic carbocycles. The third-order valence-electron chi connectivity index (χ3n) is 4.51. The standard InChI is InChI=1S/C22H30N6O/c1-2-23-22(24-12-5-6-14-28-17-26-27-18-28)25-13-7-15-29-21-11-10-19-8-3-4-9-20(19)16-21/h3-4,8-11,16-18H,2,5-7,12-15H2,1H3,(H2,23,24,25). The van der Waals surface area contributed by atoms with E-state index in [0.717, 1.165) is 57.2 Å². The number of nitrogens with zero attached hydrogens (tertiary/aromatic N) is 4. The number of aromatic nitrogens is 3. The minimum absolute atomic E-state index is 0.653. The fraction of sp³-hybridized carbons (Fsp3) is 0.409. The van der Waals surface area contributed by atoms with Gasteiger partial charge >= 0.3 is 0 Å². The second-order valence-electron chi connectivity index (χ2n) is 6.81. The zero-order valence-corrected chi connectivity index (χ0v) is 17.1. The van der Waals surface area contributed by atoms with Gasteiger partial charge in [0.05, 0.1) is 6.61 Å². The summed E-state index contributed by atoms with van der Waals surface area (Å²) in [4.78, 5) is 4.63. The number of nitrogens with one attached hydrogen (secondary N) is 2. The Bertz CT molecular complexity index is 878. The van der Waals surface area contributed by atoms with Gasteiger partial charge in [-0.25, -0.2) is 0 Å². The number of hydrogen-bond acceptors (Lipinski definition) is 4. The van der Waals surface area contributed by atoms with Gasteiger partial charge in [-0.2, -0.15) is 0 Å². The number of rotatable bonds is 11. The fourth-order valence-electron chi connectivity index (χ4n) is 3.01. The monoisotopic (exact) mass is 394 g/mol. The molecule has 0 atom stereocenters. The van der Waals surface area contributed by atoms with E-state index in [-0.39, 0.29) is 0 Å². The van der Waals surface area contributed by atoms with Crippen molar-refractivity contribution < 1.29 is 4.74 Å². The number of unbranched alkanes of at least 4 members (excludes halogenated alkanes) is 1. The molecule has 0 saturated carbocycles. The lowest BCUT2D eigenvalue weighted by Crippen LogP contribution is -2.38. The SMILES string of the molecule is CCNC(=NCCCOc1ccc2ccccc2c1)NCCCCn1cnnc1. The highest BCUT2D eigenvalue weighted by Gasteiger charge is 1.99. The maximum absolute atomic E-state index is 5.88. The van der Waals surface area contributed by atoms with E-state index in [4.69, 9.17) is 4.74 Å². The summed E-state index contributed by atoms with van der Waals surface area (Å²) in [5, 5.41) is 16.7. The Morgan fingerprint density at radius 3 is 2.66 bits per heavy atom. The van der Waals surface area contributed by atoms with Crippen LogP contribution in [0.4, 0.5) is 0 Å². The second-order valence-corrected chi connectivity index (χ2v) is 6.81. The average molecular weight is 395 g/mol. The molecule has 154 valence electrons. The maximum atomic E-state index is 5.88. The summed E-state index contributed by atoms with van der Waals surface area (Å²) in [5.41, 5.74) is 0. The highest BCUT2D eigenvalue weighted by Crippen LogP contribution is 2.20. The molecule has 0 aliphatic rings. The van der Waals surface area contributed by atoms with Crippen molar-refractivity contribution in [3.8, 4) is 5.75 Å². The Balaban J connectivity index is 1.33. The summed E-state index contributed by atoms with van der Waals surface area (Å²) in [6.07, 6.45) is 6.51. The van der Waals surface area contributed by atoms with Gasteiger partial charge in [-0.15, -0.1) is 10.2 Å². The molecule has 0 radical (unpaired) electrons. The maximum Gasteiger partial charge on any atom is 0.191 e. The molecule has 1 heterocycles. The van der Waals surface area contributed by atoms with Gasteiger partial charge in [-0.3, -0.25) is 4.99 Å². The summed E-state index contributed by atoms with van der Waals surface area (Å²) in [6.45, 7) is 6.13. The average Bonchev–Trinajstić information content (AvgIpc) is 3.26. The van der Waals surface area contributed by atoms with E-state index in [1.165, 1.54) is 10.8 Å². The topological polar surface area (TPSA) is 76.4 Å². The van der Waals surface area contributed by atoms with Gasteiger partial charge in [0.15, 0.2) is 5.96 Å². The first-order valence-corrected chi connectivity index (χ1v) is 10.3. The van der Waals surface area contributed by atoms with Crippen LogP contribution in [0.1, 0.15) is 26.2 Å². The van der Waals surface area contributed by atoms with E-state index >= 15 is 0 Å². The lowest BCUT2D eigenvalue weighted by atomic mass is 10.1. The molecule has 0 fully saturated rings. The largest absolute Gasteiger partial charge is 0.494 e. The molecule has 7 heteroatoms. The highest BCUT2D eigenvalue weighted by molar-refractivity contribution is 5.83. The van der Waals surface area contributed by atoms with Crippen molar-refractivity contribution in [1.82, 2.24) is 25.4 Å². The summed E-state index contributed by atoms with van der Waals surface area (Å²) < 4.78 is 7.88. The van der Waals surface area contributed by atoms with Crippen molar-refractivity contribution in [3.05, 3.63) is 55.1 Å². The first kappa shape index (κ1) is 20.6. The summed E-state index contributed by atoms with van der Waals surface area (Å²) >= 11 is 0. The van der Waals surface area contributed by atoms with Crippen molar-refractivity contribution in [3.63, 3.8) is 0 Å². The Hall–Kier alpha value is -3.09. The quantitative estimate of drug-likeness (QED) is 0.297. The predicted molar refractivity (Wildman–Crippen MR) is 117 cm³/mol. The van der Waals surface area contributed by atoms with Crippen LogP contribution in [0.3, 0.4) is 0 Å². The smallest absolute Gasteiger partial charge is 0.191 e. The highest BCUT2D eigenvalue weighted by atomic mass is 16.5. The molecular weight excluding hydrogens is 364 g/mol. The molecule has 0 aliphatic carbocycles. The van der Waals surface area contributed by atoms with Crippen molar-refractivity contribution in [1.29, 1.82) is 0 Å². The molecule has 0 bridgehead atoms. The number of aliphatic imine (C=N–C) groups is 1. The molecular formula is C22H30N6O. The van der Waals surface area contributed by atoms with Gasteiger partial charge in [0.25, 0.3) is 0 Å². The van der Waals surface area contributed by atoms with Crippen LogP contribution in [0, 0.1) is 0 Å². The summed E-state index contributed by atoms with van der Waals surface area (Å²) in [7, 11) is 0. The fourth-order valence-corrected chi connectivity index (χ4v) is 3.01. The van der Waals surface area contributed by atoms with E-state index in [0.29, 0.717) is 6.61 Å². The van der Waals surface area contributed by atoms with Crippen molar-refractivity contribution in [2.75, 3.05) is 26.2 Å². The van der Waals surface area contributed by atoms with Crippen molar-refractivity contribution in [2.24, 2.45) is 4.99 Å². The number of hydrogen-bond donors (Lipinski definition) is 2. The first-order valence-electron chi connectivity index (χ1n) is 10.3. The number of ether oxygens (including phenoxy) is 1. The molecule has 2 N–H and O–H groups in total. The third-order valence-corrected chi connectivity index (χ3v) is 4.51. The Morgan fingerprint density at radius 2 is 1.83 bits per heavy atom. The summed E-state index contributed by atoms with van der Waals surface area (Å²) in [5.74, 6) is 1.77. The van der Waals surface area contributed by atoms with Crippen LogP contribution in [0.2, 0.25) is 0 Å². The van der Waals surface area contributed by atoms with Gasteiger partial charge in [0.1, 0.15) is 18.4 Å². The molecule has 0 unspecified atom stereocenters. The van der Waals surface area contributed by atoms with Crippen LogP contribution in [0.5, 0.6) is 5.75 Å². The molecule has 1 aromatic heterocycles. The van der Waals surface area contributed by atoms with Gasteiger partial charge in [-0.05, 0) is 42.7 Å². The van der Waals surface area contributed by atoms with Crippen LogP contribution in [0.25, 0.3) is 10.8 Å². The number of benzene rings is 2. The molecule has 7 nitrogen and oxygen atoms in total. The van der Waals surface area contributed by atoms with Gasteiger partial charge in [-0.1, -0.05) is 30.3 Å². The van der Waals surface area contributed by atoms with Crippen LogP contribution in [0.15, 0.2) is 60.1 Å². The van der Waals surface area contributed by atoms with Gasteiger partial charge < -0.3 is 19.9 Å². The molecule has 0 spiro atoms. The lowest BCUT2D eigenvalue weighted by Gasteiger charge is -2.11. The first-order chi connectivity index (χ1) is 14.3. The van der Waals surface area contributed by atoms with E-state index in [2.05, 4.69) is 57.0 Å². The Morgan fingerprint density at radius 1 is 1.00 bits per heavy atom. The zero-order chi connectivity index (χ0) is 20.2. The van der Waals surface area contributed by atoms with E-state index < -0.39 is 0 Å². The second kappa shape index (κ2) is 11.7. The molecule has 0 amide bonds. The molecule has 0 saturated heterocycles. The third kappa shape index (κ3) is 7.10. The number of aryl methyl sites for hydroxylation is 1. The summed E-state index contributed by atoms with van der Waals surface area (Å²) in [6, 6.07) is 14.5. The number of guanidine groups is 1. The molecule has 3 rings (SSSR count). The lowest BCUT2D eigenvalue weighted by molar-refractivity contribution is 0.314. The van der Waals surface area contributed by atoms with Crippen LogP contribution < -0.4 is 15.4 Å². The molecule has 29 heavy (non-hydrogen) atoms. The van der Waals surface area contributed by atoms with Crippen LogP contribution in [-0.2, 0) is 6.54 Å².